The zero-order chi connectivity index (χ0) is 40.0. The first-order valence-electron chi connectivity index (χ1n) is 20.6. The molecule has 1 aliphatic carbocycles. The van der Waals surface area contributed by atoms with Crippen molar-refractivity contribution < 1.29 is 63.1 Å². The van der Waals surface area contributed by atoms with E-state index in [1.807, 2.05) is 0 Å². The van der Waals surface area contributed by atoms with Crippen LogP contribution in [0.25, 0.3) is 0 Å². The quantitative estimate of drug-likeness (QED) is 0.0173. The summed E-state index contributed by atoms with van der Waals surface area (Å²) in [6.45, 7) is 3.21. The average molecular weight is 793 g/mol. The third-order valence-corrected chi connectivity index (χ3v) is 10.5. The van der Waals surface area contributed by atoms with Gasteiger partial charge in [-0.3, -0.25) is 18.6 Å². The zero-order valence-corrected chi connectivity index (χ0v) is 33.9. The normalized spacial score (nSPS) is 23.5. The molecule has 6 unspecified atom stereocenters. The Hall–Kier alpha value is -1.67. The van der Waals surface area contributed by atoms with Crippen LogP contribution in [0.2, 0.25) is 0 Å². The number of hydrogen-bond acceptors (Lipinski definition) is 12. The topological polar surface area (TPSA) is 210 Å². The molecule has 0 amide bonds. The Bertz CT molecular complexity index is 1050. The summed E-state index contributed by atoms with van der Waals surface area (Å²) in [6, 6.07) is 0. The van der Waals surface area contributed by atoms with Gasteiger partial charge < -0.3 is 39.9 Å². The maximum absolute atomic E-state index is 12.8. The molecule has 0 bridgehead atoms. The lowest BCUT2D eigenvalue weighted by molar-refractivity contribution is -0.220. The minimum Gasteiger partial charge on any atom is -0.462 e. The number of hydrogen-bond donors (Lipinski definition) is 6. The van der Waals surface area contributed by atoms with Crippen LogP contribution in [0, 0.1) is 0 Å². The minimum absolute atomic E-state index is 0.0859. The van der Waals surface area contributed by atoms with E-state index in [-0.39, 0.29) is 12.8 Å². The molecule has 0 heterocycles. The molecule has 6 atom stereocenters. The molecule has 0 aliphatic heterocycles. The van der Waals surface area contributed by atoms with Gasteiger partial charge in [0, 0.05) is 12.8 Å². The predicted molar refractivity (Wildman–Crippen MR) is 207 cm³/mol. The maximum atomic E-state index is 12.8. The Kier molecular flexibility index (Phi) is 29.3. The highest BCUT2D eigenvalue weighted by molar-refractivity contribution is 7.47. The number of allylic oxidation sites excluding steroid dienone is 4. The third kappa shape index (κ3) is 24.1. The lowest BCUT2D eigenvalue weighted by atomic mass is 9.85. The SMILES string of the molecule is CCCCC/C=C\CCCCCCCC(=O)OCC(COP(=O)(O)OC1C(O)C(O)C(O)C(O)C1O)OC(=O)CCCCCCC/C=C\CCCCCC. The second kappa shape index (κ2) is 31.4. The molecule has 1 aliphatic rings. The Morgan fingerprint density at radius 2 is 0.944 bits per heavy atom. The second-order valence-electron chi connectivity index (χ2n) is 14.5. The van der Waals surface area contributed by atoms with Crippen LogP contribution in [0.5, 0.6) is 0 Å². The molecule has 1 rings (SSSR count). The Morgan fingerprint density at radius 3 is 1.44 bits per heavy atom. The van der Waals surface area contributed by atoms with E-state index in [2.05, 4.69) is 38.2 Å². The number of esters is 2. The van der Waals surface area contributed by atoms with Gasteiger partial charge in [0.2, 0.25) is 0 Å². The van der Waals surface area contributed by atoms with Gasteiger partial charge in [0.25, 0.3) is 0 Å². The lowest BCUT2D eigenvalue weighted by Gasteiger charge is -2.41. The molecule has 14 heteroatoms. The molecular formula is C40H73O13P. The fourth-order valence-corrected chi connectivity index (χ4v) is 7.07. The molecule has 0 spiro atoms. The average Bonchev–Trinajstić information content (AvgIpc) is 3.15. The molecule has 1 saturated carbocycles. The maximum Gasteiger partial charge on any atom is 0.472 e. The monoisotopic (exact) mass is 792 g/mol. The largest absolute Gasteiger partial charge is 0.472 e. The van der Waals surface area contributed by atoms with Crippen molar-refractivity contribution in [1.82, 2.24) is 0 Å². The van der Waals surface area contributed by atoms with Crippen molar-refractivity contribution in [3.05, 3.63) is 24.3 Å². The van der Waals surface area contributed by atoms with Gasteiger partial charge in [-0.25, -0.2) is 4.57 Å². The van der Waals surface area contributed by atoms with Crippen LogP contribution in [-0.2, 0) is 32.7 Å². The number of rotatable bonds is 33. The molecule has 0 aromatic carbocycles. The predicted octanol–water partition coefficient (Wildman–Crippen LogP) is 6.89. The van der Waals surface area contributed by atoms with E-state index in [1.54, 1.807) is 0 Å². The number of aliphatic hydroxyl groups is 5. The van der Waals surface area contributed by atoms with Crippen LogP contribution in [0.1, 0.15) is 162 Å². The molecule has 1 fully saturated rings. The highest BCUT2D eigenvalue weighted by Gasteiger charge is 2.51. The fraction of sp³-hybridized carbons (Fsp3) is 0.850. The van der Waals surface area contributed by atoms with Gasteiger partial charge >= 0.3 is 19.8 Å². The molecule has 316 valence electrons. The molecule has 0 aromatic heterocycles. The van der Waals surface area contributed by atoms with Gasteiger partial charge in [0.15, 0.2) is 6.10 Å². The van der Waals surface area contributed by atoms with Crippen LogP contribution in [0.3, 0.4) is 0 Å². The van der Waals surface area contributed by atoms with E-state index in [4.69, 9.17) is 18.5 Å². The molecule has 54 heavy (non-hydrogen) atoms. The van der Waals surface area contributed by atoms with Crippen LogP contribution in [0.15, 0.2) is 24.3 Å². The van der Waals surface area contributed by atoms with Gasteiger partial charge in [0.05, 0.1) is 6.61 Å². The first-order chi connectivity index (χ1) is 25.9. The molecule has 0 aromatic rings. The molecular weight excluding hydrogens is 719 g/mol. The number of phosphoric ester groups is 1. The van der Waals surface area contributed by atoms with E-state index < -0.39 is 75.7 Å². The summed E-state index contributed by atoms with van der Waals surface area (Å²) in [5.74, 6) is -1.12. The van der Waals surface area contributed by atoms with E-state index in [9.17, 15) is 44.6 Å². The van der Waals surface area contributed by atoms with Crippen molar-refractivity contribution >= 4 is 19.8 Å². The van der Waals surface area contributed by atoms with Crippen LogP contribution >= 0.6 is 7.82 Å². The highest BCUT2D eigenvalue weighted by atomic mass is 31.2. The number of aliphatic hydroxyl groups excluding tert-OH is 5. The van der Waals surface area contributed by atoms with Crippen molar-refractivity contribution in [3.8, 4) is 0 Å². The molecule has 0 saturated heterocycles. The summed E-state index contributed by atoms with van der Waals surface area (Å²) < 4.78 is 33.4. The van der Waals surface area contributed by atoms with Crippen molar-refractivity contribution in [3.63, 3.8) is 0 Å². The van der Waals surface area contributed by atoms with Gasteiger partial charge in [-0.1, -0.05) is 109 Å². The first-order valence-corrected chi connectivity index (χ1v) is 22.1. The summed E-state index contributed by atoms with van der Waals surface area (Å²) in [4.78, 5) is 35.5. The summed E-state index contributed by atoms with van der Waals surface area (Å²) in [5, 5.41) is 50.0. The number of ether oxygens (including phenoxy) is 2. The van der Waals surface area contributed by atoms with Gasteiger partial charge in [-0.2, -0.15) is 0 Å². The number of unbranched alkanes of at least 4 members (excludes halogenated alkanes) is 17. The highest BCUT2D eigenvalue weighted by Crippen LogP contribution is 2.47. The van der Waals surface area contributed by atoms with Crippen LogP contribution < -0.4 is 0 Å². The Balaban J connectivity index is 2.53. The first kappa shape index (κ1) is 50.3. The van der Waals surface area contributed by atoms with Crippen molar-refractivity contribution in [2.75, 3.05) is 13.2 Å². The van der Waals surface area contributed by atoms with Crippen LogP contribution in [-0.4, -0.2) is 98.3 Å². The fourth-order valence-electron chi connectivity index (χ4n) is 6.10. The summed E-state index contributed by atoms with van der Waals surface area (Å²) >= 11 is 0. The molecule has 6 N–H and O–H groups in total. The van der Waals surface area contributed by atoms with Crippen molar-refractivity contribution in [2.45, 2.75) is 204 Å². The molecule has 13 nitrogen and oxygen atoms in total. The van der Waals surface area contributed by atoms with Gasteiger partial charge in [0.1, 0.15) is 43.2 Å². The van der Waals surface area contributed by atoms with E-state index in [0.717, 1.165) is 77.0 Å². The molecule has 0 radical (unpaired) electrons. The zero-order valence-electron chi connectivity index (χ0n) is 33.0. The van der Waals surface area contributed by atoms with Crippen molar-refractivity contribution in [1.29, 1.82) is 0 Å². The van der Waals surface area contributed by atoms with E-state index >= 15 is 0 Å². The van der Waals surface area contributed by atoms with Gasteiger partial charge in [-0.05, 0) is 64.2 Å². The Labute approximate surface area is 324 Å². The Morgan fingerprint density at radius 1 is 0.556 bits per heavy atom. The van der Waals surface area contributed by atoms with E-state index in [0.29, 0.717) is 12.8 Å². The summed E-state index contributed by atoms with van der Waals surface area (Å²) in [5.41, 5.74) is 0. The summed E-state index contributed by atoms with van der Waals surface area (Å²) in [7, 11) is -5.11. The number of carbonyl (C=O) groups is 2. The minimum atomic E-state index is -5.11. The van der Waals surface area contributed by atoms with Gasteiger partial charge in [-0.15, -0.1) is 0 Å². The van der Waals surface area contributed by atoms with Crippen molar-refractivity contribution in [2.24, 2.45) is 0 Å². The second-order valence-corrected chi connectivity index (χ2v) is 15.9. The number of phosphoric acid groups is 1. The smallest absolute Gasteiger partial charge is 0.462 e. The number of carbonyl (C=O) groups excluding carboxylic acids is 2. The lowest BCUT2D eigenvalue weighted by Crippen LogP contribution is -2.64. The summed E-state index contributed by atoms with van der Waals surface area (Å²) in [6.07, 6.45) is 18.2. The third-order valence-electron chi connectivity index (χ3n) is 9.52. The standard InChI is InChI=1S/C40H73O13P/c1-3-5-7-9-11-13-15-17-19-21-23-25-27-29-34(42)52-32(30-50-33(41)28-26-24-22-20-18-16-14-12-10-8-6-4-2)31-51-54(48,49)53-40-38(46)36(44)35(43)37(45)39(40)47/h12-15,32,35-40,43-47H,3-11,16-31H2,1-2H3,(H,48,49)/b14-12-,15-13-. The van der Waals surface area contributed by atoms with E-state index in [1.165, 1.54) is 44.9 Å². The van der Waals surface area contributed by atoms with Crippen LogP contribution in [0.4, 0.5) is 0 Å².